The Morgan fingerprint density at radius 1 is 0.704 bits per heavy atom. The molecule has 54 heavy (non-hydrogen) atoms. The van der Waals surface area contributed by atoms with Crippen LogP contribution in [0.5, 0.6) is 0 Å². The van der Waals surface area contributed by atoms with E-state index in [1.165, 1.54) is 50.7 Å². The highest BCUT2D eigenvalue weighted by atomic mass is 31.2. The molecule has 1 amide bonds. The van der Waals surface area contributed by atoms with Crippen molar-refractivity contribution in [3.63, 3.8) is 0 Å². The molecule has 0 aromatic carbocycles. The molecule has 0 spiro atoms. The predicted octanol–water partition coefficient (Wildman–Crippen LogP) is 6.74. The van der Waals surface area contributed by atoms with Crippen LogP contribution in [0.15, 0.2) is 72.9 Å². The zero-order valence-electron chi connectivity index (χ0n) is 34.0. The number of aliphatic hydroxyl groups is 4. The molecular formula is C42H75N2O9P. The molecule has 5 N–H and O–H groups in total. The summed E-state index contributed by atoms with van der Waals surface area (Å²) in [5, 5.41) is 44.1. The topological polar surface area (TPSA) is 169 Å². The number of amides is 1. The Labute approximate surface area is 327 Å². The maximum atomic E-state index is 12.8. The highest BCUT2D eigenvalue weighted by molar-refractivity contribution is 7.45. The Balaban J connectivity index is 4.93. The lowest BCUT2D eigenvalue weighted by molar-refractivity contribution is -0.870. The molecule has 0 aliphatic rings. The first-order valence-electron chi connectivity index (χ1n) is 20.1. The minimum Gasteiger partial charge on any atom is -0.756 e. The van der Waals surface area contributed by atoms with Gasteiger partial charge in [0.1, 0.15) is 13.2 Å². The fourth-order valence-corrected chi connectivity index (χ4v) is 5.80. The van der Waals surface area contributed by atoms with Gasteiger partial charge in [-0.3, -0.25) is 9.36 Å². The first-order valence-corrected chi connectivity index (χ1v) is 21.6. The standard InChI is InChI=1S/C42H75N2O9P/c1-6-8-10-11-12-13-14-15-16-17-21-25-30-39(46)38(36-53-54(50,51)52-35-34-44(3,4)5)43-42(49)33-27-32-41(48)40(47)31-26-22-19-18-20-24-29-37(45)28-23-9-7-2/h15-16,18-20,22,24-26,29-31,37-41,45-48H,6-14,17,21,23,27-28,32-36H2,1-5H3,(H-,43,49,50,51)/b16-15-,20-18-,22-19+,29-24+,30-25+,31-26+/t37-,38-,39+,40-,41-/m0/s1. The van der Waals surface area contributed by atoms with Gasteiger partial charge < -0.3 is 44.2 Å². The number of phosphoric acid groups is 1. The molecule has 1 unspecified atom stereocenters. The monoisotopic (exact) mass is 783 g/mol. The normalized spacial score (nSPS) is 17.0. The number of nitrogens with one attached hydrogen (secondary N) is 1. The lowest BCUT2D eigenvalue weighted by Crippen LogP contribution is -2.46. The molecule has 0 heterocycles. The number of hydrogen-bond acceptors (Lipinski definition) is 9. The molecule has 312 valence electrons. The average molecular weight is 783 g/mol. The largest absolute Gasteiger partial charge is 0.756 e. The first kappa shape index (κ1) is 51.8. The van der Waals surface area contributed by atoms with Crippen molar-refractivity contribution in [2.45, 2.75) is 147 Å². The van der Waals surface area contributed by atoms with E-state index in [-0.39, 0.29) is 25.9 Å². The van der Waals surface area contributed by atoms with Gasteiger partial charge in [0.25, 0.3) is 7.82 Å². The van der Waals surface area contributed by atoms with Crippen LogP contribution in [0.2, 0.25) is 0 Å². The van der Waals surface area contributed by atoms with Gasteiger partial charge >= 0.3 is 0 Å². The van der Waals surface area contributed by atoms with Crippen LogP contribution in [0.1, 0.15) is 117 Å². The molecule has 0 saturated heterocycles. The second-order valence-electron chi connectivity index (χ2n) is 14.8. The number of carbonyl (C=O) groups excluding carboxylic acids is 1. The summed E-state index contributed by atoms with van der Waals surface area (Å²) >= 11 is 0. The van der Waals surface area contributed by atoms with Crippen molar-refractivity contribution in [3.8, 4) is 0 Å². The average Bonchev–Trinajstić information content (AvgIpc) is 3.10. The van der Waals surface area contributed by atoms with Crippen LogP contribution in [0.3, 0.4) is 0 Å². The number of rotatable bonds is 34. The summed E-state index contributed by atoms with van der Waals surface area (Å²) < 4.78 is 22.9. The Morgan fingerprint density at radius 3 is 1.98 bits per heavy atom. The highest BCUT2D eigenvalue weighted by Crippen LogP contribution is 2.38. The van der Waals surface area contributed by atoms with Gasteiger partial charge in [-0.25, -0.2) is 0 Å². The lowest BCUT2D eigenvalue weighted by Gasteiger charge is -2.29. The maximum absolute atomic E-state index is 12.8. The fourth-order valence-electron chi connectivity index (χ4n) is 5.08. The van der Waals surface area contributed by atoms with E-state index in [1.54, 1.807) is 48.6 Å². The highest BCUT2D eigenvalue weighted by Gasteiger charge is 2.23. The second-order valence-corrected chi connectivity index (χ2v) is 16.3. The van der Waals surface area contributed by atoms with E-state index < -0.39 is 50.8 Å². The number of phosphoric ester groups is 1. The van der Waals surface area contributed by atoms with Crippen LogP contribution >= 0.6 is 7.82 Å². The molecule has 0 aliphatic heterocycles. The number of aliphatic hydroxyl groups excluding tert-OH is 4. The van der Waals surface area contributed by atoms with Gasteiger partial charge in [-0.1, -0.05) is 138 Å². The van der Waals surface area contributed by atoms with E-state index in [0.29, 0.717) is 17.4 Å². The number of unbranched alkanes of at least 4 members (excludes halogenated alkanes) is 9. The minimum atomic E-state index is -4.69. The zero-order valence-corrected chi connectivity index (χ0v) is 34.9. The SMILES string of the molecule is CCCCCCCC/C=C\CC/C=C/[C@@H](O)[C@H](COP(=O)([O-])OCC[N+](C)(C)C)NC(=O)CCC[C@H](O)[C@@H](O)/C=C/C=C/C=C\C=C\[C@@H](O)CCCCC. The van der Waals surface area contributed by atoms with E-state index in [2.05, 4.69) is 31.3 Å². The van der Waals surface area contributed by atoms with Crippen LogP contribution < -0.4 is 10.2 Å². The molecular weight excluding hydrogens is 707 g/mol. The summed E-state index contributed by atoms with van der Waals surface area (Å²) in [6.45, 7) is 4.17. The summed E-state index contributed by atoms with van der Waals surface area (Å²) in [6, 6.07) is -1.06. The number of quaternary nitrogens is 1. The third kappa shape index (κ3) is 33.2. The summed E-state index contributed by atoms with van der Waals surface area (Å²) in [7, 11) is 1.01. The molecule has 0 aromatic heterocycles. The quantitative estimate of drug-likeness (QED) is 0.0156. The molecule has 0 rings (SSSR count). The molecule has 0 aromatic rings. The van der Waals surface area contributed by atoms with Gasteiger partial charge in [0, 0.05) is 6.42 Å². The Morgan fingerprint density at radius 2 is 1.30 bits per heavy atom. The summed E-state index contributed by atoms with van der Waals surface area (Å²) in [6.07, 6.45) is 31.7. The van der Waals surface area contributed by atoms with Crippen molar-refractivity contribution in [1.29, 1.82) is 0 Å². The van der Waals surface area contributed by atoms with Gasteiger partial charge in [0.05, 0.1) is 58.2 Å². The number of allylic oxidation sites excluding steroid dienone is 9. The molecule has 6 atom stereocenters. The molecule has 0 aliphatic carbocycles. The van der Waals surface area contributed by atoms with E-state index in [4.69, 9.17) is 9.05 Å². The second kappa shape index (κ2) is 33.0. The first-order chi connectivity index (χ1) is 25.7. The van der Waals surface area contributed by atoms with E-state index in [0.717, 1.165) is 38.5 Å². The van der Waals surface area contributed by atoms with E-state index in [1.807, 2.05) is 21.1 Å². The van der Waals surface area contributed by atoms with E-state index >= 15 is 0 Å². The predicted molar refractivity (Wildman–Crippen MR) is 218 cm³/mol. The molecule has 0 saturated carbocycles. The Hall–Kier alpha value is -2.18. The van der Waals surface area contributed by atoms with Crippen molar-refractivity contribution in [3.05, 3.63) is 72.9 Å². The maximum Gasteiger partial charge on any atom is 0.268 e. The van der Waals surface area contributed by atoms with Crippen molar-refractivity contribution < 1.29 is 48.2 Å². The molecule has 12 heteroatoms. The van der Waals surface area contributed by atoms with Crippen LogP contribution in [0.4, 0.5) is 0 Å². The van der Waals surface area contributed by atoms with Crippen molar-refractivity contribution >= 4 is 13.7 Å². The van der Waals surface area contributed by atoms with E-state index in [9.17, 15) is 34.7 Å². The van der Waals surface area contributed by atoms with Gasteiger partial charge in [0.2, 0.25) is 5.91 Å². The van der Waals surface area contributed by atoms with Crippen molar-refractivity contribution in [1.82, 2.24) is 5.32 Å². The molecule has 0 fully saturated rings. The number of carbonyl (C=O) groups is 1. The zero-order chi connectivity index (χ0) is 40.5. The van der Waals surface area contributed by atoms with Gasteiger partial charge in [-0.05, 0) is 44.9 Å². The molecule has 0 bridgehead atoms. The number of likely N-dealkylation sites (N-methyl/N-ethyl adjacent to an activating group) is 1. The van der Waals surface area contributed by atoms with Crippen molar-refractivity contribution in [2.75, 3.05) is 40.9 Å². The van der Waals surface area contributed by atoms with Gasteiger partial charge in [-0.2, -0.15) is 0 Å². The smallest absolute Gasteiger partial charge is 0.268 e. The summed E-state index contributed by atoms with van der Waals surface area (Å²) in [5.74, 6) is -0.463. The van der Waals surface area contributed by atoms with Crippen molar-refractivity contribution in [2.24, 2.45) is 0 Å². The van der Waals surface area contributed by atoms with Crippen LogP contribution in [-0.4, -0.2) is 102 Å². The molecule has 11 nitrogen and oxygen atoms in total. The Kier molecular flexibility index (Phi) is 31.7. The molecule has 0 radical (unpaired) electrons. The lowest BCUT2D eigenvalue weighted by atomic mass is 10.1. The van der Waals surface area contributed by atoms with Gasteiger partial charge in [0.15, 0.2) is 0 Å². The number of hydrogen-bond donors (Lipinski definition) is 5. The van der Waals surface area contributed by atoms with Gasteiger partial charge in [-0.15, -0.1) is 0 Å². The third-order valence-electron chi connectivity index (χ3n) is 8.51. The van der Waals surface area contributed by atoms with Crippen LogP contribution in [0, 0.1) is 0 Å². The van der Waals surface area contributed by atoms with Crippen LogP contribution in [-0.2, 0) is 18.4 Å². The minimum absolute atomic E-state index is 0.0234. The third-order valence-corrected chi connectivity index (χ3v) is 9.47. The summed E-state index contributed by atoms with van der Waals surface area (Å²) in [5.41, 5.74) is 0. The fraction of sp³-hybridized carbons (Fsp3) is 0.690. The summed E-state index contributed by atoms with van der Waals surface area (Å²) in [4.78, 5) is 25.2. The van der Waals surface area contributed by atoms with Crippen LogP contribution in [0.25, 0.3) is 0 Å². The Bertz CT molecular complexity index is 1160. The number of nitrogens with zero attached hydrogens (tertiary/aromatic N) is 1.